The van der Waals surface area contributed by atoms with Crippen molar-refractivity contribution in [2.24, 2.45) is 0 Å². The van der Waals surface area contributed by atoms with Gasteiger partial charge in [-0.15, -0.1) is 0 Å². The summed E-state index contributed by atoms with van der Waals surface area (Å²) in [6, 6.07) is 0.612. The van der Waals surface area contributed by atoms with Gasteiger partial charge in [0.05, 0.1) is 0 Å². The van der Waals surface area contributed by atoms with Gasteiger partial charge in [-0.1, -0.05) is 11.6 Å². The largest absolute Gasteiger partial charge is 0.317 e. The molecule has 0 rings (SSSR count). The fraction of sp³-hybridized carbons (Fsp3) is 0.750. The van der Waals surface area contributed by atoms with Crippen molar-refractivity contribution in [3.63, 3.8) is 0 Å². The number of hydrogen-bond donors (Lipinski definition) is 1. The Labute approximate surface area is 58.2 Å². The third kappa shape index (κ3) is 4.22. The van der Waals surface area contributed by atoms with Crippen LogP contribution in [-0.2, 0) is 0 Å². The average Bonchev–Trinajstić information content (AvgIpc) is 1.87. The Hall–Kier alpha value is -0.300. The van der Waals surface area contributed by atoms with Crippen LogP contribution in [0, 0.1) is 0 Å². The average molecular weight is 127 g/mol. The molecule has 9 heavy (non-hydrogen) atoms. The number of allylic oxidation sites excluding steroid dienone is 1. The van der Waals surface area contributed by atoms with Gasteiger partial charge in [0.15, 0.2) is 0 Å². The maximum absolute atomic E-state index is 3.19. The minimum Gasteiger partial charge on any atom is -0.317 e. The van der Waals surface area contributed by atoms with E-state index in [1.807, 2.05) is 7.05 Å². The molecule has 1 atom stereocenters. The molecule has 0 saturated heterocycles. The molecule has 0 bridgehead atoms. The first-order valence-electron chi connectivity index (χ1n) is 3.49. The van der Waals surface area contributed by atoms with Crippen LogP contribution in [0.25, 0.3) is 0 Å². The van der Waals surface area contributed by atoms with Crippen molar-refractivity contribution < 1.29 is 0 Å². The summed E-state index contributed by atoms with van der Waals surface area (Å²) in [5, 5.41) is 3.19. The molecular weight excluding hydrogens is 110 g/mol. The van der Waals surface area contributed by atoms with E-state index in [9.17, 15) is 0 Å². The first-order valence-corrected chi connectivity index (χ1v) is 3.49. The Bertz CT molecular complexity index is 94.7. The SMILES string of the molecule is C/C=C(/C)CC(C)NC. The zero-order chi connectivity index (χ0) is 7.28. The van der Waals surface area contributed by atoms with E-state index in [0.717, 1.165) is 6.42 Å². The molecule has 0 saturated carbocycles. The third-order valence-electron chi connectivity index (χ3n) is 1.61. The highest BCUT2D eigenvalue weighted by Gasteiger charge is 1.96. The predicted octanol–water partition coefficient (Wildman–Crippen LogP) is 1.95. The molecule has 1 unspecified atom stereocenters. The van der Waals surface area contributed by atoms with Gasteiger partial charge in [0.25, 0.3) is 0 Å². The van der Waals surface area contributed by atoms with Crippen molar-refractivity contribution in [1.29, 1.82) is 0 Å². The summed E-state index contributed by atoms with van der Waals surface area (Å²) in [4.78, 5) is 0. The van der Waals surface area contributed by atoms with Gasteiger partial charge >= 0.3 is 0 Å². The van der Waals surface area contributed by atoms with Gasteiger partial charge in [-0.3, -0.25) is 0 Å². The summed E-state index contributed by atoms with van der Waals surface area (Å²) >= 11 is 0. The second-order valence-electron chi connectivity index (χ2n) is 2.53. The van der Waals surface area contributed by atoms with Gasteiger partial charge in [0, 0.05) is 6.04 Å². The van der Waals surface area contributed by atoms with Crippen LogP contribution in [0.15, 0.2) is 11.6 Å². The third-order valence-corrected chi connectivity index (χ3v) is 1.61. The zero-order valence-electron chi connectivity index (χ0n) is 6.86. The van der Waals surface area contributed by atoms with Crippen molar-refractivity contribution in [3.8, 4) is 0 Å². The van der Waals surface area contributed by atoms with E-state index in [-0.39, 0.29) is 0 Å². The summed E-state index contributed by atoms with van der Waals surface area (Å²) in [7, 11) is 1.99. The molecule has 0 aromatic rings. The highest BCUT2D eigenvalue weighted by Crippen LogP contribution is 2.02. The van der Waals surface area contributed by atoms with Gasteiger partial charge in [0.1, 0.15) is 0 Å². The molecule has 1 N–H and O–H groups in total. The Kier molecular flexibility index (Phi) is 4.41. The molecule has 1 heteroatoms. The van der Waals surface area contributed by atoms with Gasteiger partial charge in [-0.05, 0) is 34.2 Å². The van der Waals surface area contributed by atoms with Crippen LogP contribution >= 0.6 is 0 Å². The van der Waals surface area contributed by atoms with E-state index < -0.39 is 0 Å². The molecule has 0 aromatic heterocycles. The fourth-order valence-electron chi connectivity index (χ4n) is 0.703. The molecule has 0 spiro atoms. The van der Waals surface area contributed by atoms with E-state index in [4.69, 9.17) is 0 Å². The van der Waals surface area contributed by atoms with Crippen molar-refractivity contribution in [3.05, 3.63) is 11.6 Å². The maximum Gasteiger partial charge on any atom is 0.00727 e. The molecule has 0 aromatic carbocycles. The maximum atomic E-state index is 3.19. The second kappa shape index (κ2) is 4.57. The smallest absolute Gasteiger partial charge is 0.00727 e. The molecule has 0 amide bonds. The van der Waals surface area contributed by atoms with Crippen molar-refractivity contribution >= 4 is 0 Å². The number of nitrogens with one attached hydrogen (secondary N) is 1. The van der Waals surface area contributed by atoms with Crippen LogP contribution in [-0.4, -0.2) is 13.1 Å². The monoisotopic (exact) mass is 127 g/mol. The first kappa shape index (κ1) is 8.70. The highest BCUT2D eigenvalue weighted by atomic mass is 14.8. The van der Waals surface area contributed by atoms with E-state index in [0.29, 0.717) is 6.04 Å². The van der Waals surface area contributed by atoms with E-state index >= 15 is 0 Å². The van der Waals surface area contributed by atoms with Crippen LogP contribution < -0.4 is 5.32 Å². The van der Waals surface area contributed by atoms with Crippen LogP contribution in [0.3, 0.4) is 0 Å². The lowest BCUT2D eigenvalue weighted by Crippen LogP contribution is -2.20. The standard InChI is InChI=1S/C8H17N/c1-5-7(2)6-8(3)9-4/h5,8-9H,6H2,1-4H3/b7-5-. The molecule has 54 valence electrons. The Morgan fingerprint density at radius 2 is 2.22 bits per heavy atom. The molecular formula is C8H17N. The van der Waals surface area contributed by atoms with E-state index in [1.165, 1.54) is 5.57 Å². The Morgan fingerprint density at radius 3 is 2.56 bits per heavy atom. The van der Waals surface area contributed by atoms with Gasteiger partial charge in [-0.25, -0.2) is 0 Å². The topological polar surface area (TPSA) is 12.0 Å². The predicted molar refractivity (Wildman–Crippen MR) is 42.6 cm³/mol. The summed E-state index contributed by atoms with van der Waals surface area (Å²) < 4.78 is 0. The molecule has 0 aliphatic heterocycles. The lowest BCUT2D eigenvalue weighted by molar-refractivity contribution is 0.605. The summed E-state index contributed by atoms with van der Waals surface area (Å²) in [6.07, 6.45) is 3.32. The lowest BCUT2D eigenvalue weighted by atomic mass is 10.1. The summed E-state index contributed by atoms with van der Waals surface area (Å²) in [5.74, 6) is 0. The molecule has 0 fully saturated rings. The quantitative estimate of drug-likeness (QED) is 0.571. The van der Waals surface area contributed by atoms with Crippen molar-refractivity contribution in [2.45, 2.75) is 33.2 Å². The zero-order valence-corrected chi connectivity index (χ0v) is 6.86. The van der Waals surface area contributed by atoms with E-state index in [2.05, 4.69) is 32.2 Å². The molecule has 0 heterocycles. The van der Waals surface area contributed by atoms with Gasteiger partial charge in [-0.2, -0.15) is 0 Å². The lowest BCUT2D eigenvalue weighted by Gasteiger charge is -2.08. The Morgan fingerprint density at radius 1 is 1.67 bits per heavy atom. The summed E-state index contributed by atoms with van der Waals surface area (Å²) in [5.41, 5.74) is 1.46. The van der Waals surface area contributed by atoms with Crippen LogP contribution in [0.5, 0.6) is 0 Å². The van der Waals surface area contributed by atoms with Crippen LogP contribution in [0.2, 0.25) is 0 Å². The number of hydrogen-bond acceptors (Lipinski definition) is 1. The minimum atomic E-state index is 0.612. The van der Waals surface area contributed by atoms with Gasteiger partial charge in [0.2, 0.25) is 0 Å². The van der Waals surface area contributed by atoms with Crippen molar-refractivity contribution in [2.75, 3.05) is 7.05 Å². The molecule has 0 aliphatic carbocycles. The Balaban J connectivity index is 3.47. The first-order chi connectivity index (χ1) is 4.20. The highest BCUT2D eigenvalue weighted by molar-refractivity contribution is 4.97. The van der Waals surface area contributed by atoms with Gasteiger partial charge < -0.3 is 5.32 Å². The van der Waals surface area contributed by atoms with E-state index in [1.54, 1.807) is 0 Å². The van der Waals surface area contributed by atoms with Crippen LogP contribution in [0.4, 0.5) is 0 Å². The number of rotatable bonds is 3. The normalized spacial score (nSPS) is 15.8. The second-order valence-corrected chi connectivity index (χ2v) is 2.53. The summed E-state index contributed by atoms with van der Waals surface area (Å²) in [6.45, 7) is 6.43. The molecule has 0 aliphatic rings. The fourth-order valence-corrected chi connectivity index (χ4v) is 0.703. The molecule has 1 nitrogen and oxygen atoms in total. The molecule has 0 radical (unpaired) electrons. The van der Waals surface area contributed by atoms with Crippen molar-refractivity contribution in [1.82, 2.24) is 5.32 Å². The van der Waals surface area contributed by atoms with Crippen LogP contribution in [0.1, 0.15) is 27.2 Å². The minimum absolute atomic E-state index is 0.612.